The van der Waals surface area contributed by atoms with Gasteiger partial charge in [-0.2, -0.15) is 0 Å². The molecule has 148 valence electrons. The molecule has 0 bridgehead atoms. The van der Waals surface area contributed by atoms with Crippen LogP contribution in [0.25, 0.3) is 0 Å². The first-order chi connectivity index (χ1) is 12.2. The third-order valence-corrected chi connectivity index (χ3v) is 4.18. The van der Waals surface area contributed by atoms with Gasteiger partial charge in [-0.1, -0.05) is 0 Å². The quantitative estimate of drug-likeness (QED) is 0.310. The van der Waals surface area contributed by atoms with Crippen LogP contribution in [0.15, 0.2) is 0 Å². The molecular weight excluding hydrogens is 390 g/mol. The van der Waals surface area contributed by atoms with Crippen molar-refractivity contribution in [1.29, 1.82) is 0 Å². The summed E-state index contributed by atoms with van der Waals surface area (Å²) in [6, 6.07) is -2.31. The molecule has 0 spiro atoms. The first-order valence-electron chi connectivity index (χ1n) is 8.71. The molecule has 2 fully saturated rings. The van der Waals surface area contributed by atoms with Gasteiger partial charge in [-0.25, -0.2) is 0 Å². The Morgan fingerprint density at radius 3 is 1.32 bits per heavy atom. The molecule has 0 saturated carbocycles. The standard InChI is InChI=1S/2C8H14N2O3.2Na/c2*1-5(8(12)13)10-7(11)6-3-2-4-9-6;;/h2*5-6,9H,2-4H2,1H3,(H,10,11)(H,12,13);;/q;;2*+1/p-2/t2*5-,6-;;/m00../s1. The average Bonchev–Trinajstić information content (AvgIpc) is 3.28. The molecule has 0 aliphatic carbocycles. The predicted molar refractivity (Wildman–Crippen MR) is 87.3 cm³/mol. The summed E-state index contributed by atoms with van der Waals surface area (Å²) in [6.07, 6.45) is 3.45. The van der Waals surface area contributed by atoms with Crippen molar-refractivity contribution in [2.24, 2.45) is 0 Å². The molecule has 2 amide bonds. The largest absolute Gasteiger partial charge is 1.00 e. The molecular formula is C16H26N4Na2O6. The summed E-state index contributed by atoms with van der Waals surface area (Å²) in [5, 5.41) is 31.3. The van der Waals surface area contributed by atoms with Gasteiger partial charge in [0.2, 0.25) is 11.8 Å². The van der Waals surface area contributed by atoms with Crippen LogP contribution in [0, 0.1) is 0 Å². The fourth-order valence-electron chi connectivity index (χ4n) is 2.56. The Labute approximate surface area is 208 Å². The summed E-state index contributed by atoms with van der Waals surface area (Å²) in [6.45, 7) is 4.42. The van der Waals surface area contributed by atoms with Gasteiger partial charge in [0, 0.05) is 0 Å². The topological polar surface area (TPSA) is 163 Å². The summed E-state index contributed by atoms with van der Waals surface area (Å²) in [4.78, 5) is 43.2. The number of carbonyl (C=O) groups is 4. The number of hydrogen-bond acceptors (Lipinski definition) is 8. The molecule has 2 heterocycles. The monoisotopic (exact) mass is 416 g/mol. The van der Waals surface area contributed by atoms with E-state index in [1.54, 1.807) is 0 Å². The van der Waals surface area contributed by atoms with Crippen LogP contribution in [-0.4, -0.2) is 61.0 Å². The van der Waals surface area contributed by atoms with E-state index in [-0.39, 0.29) is 83.0 Å². The van der Waals surface area contributed by atoms with Crippen molar-refractivity contribution in [2.75, 3.05) is 13.1 Å². The van der Waals surface area contributed by atoms with Crippen molar-refractivity contribution in [1.82, 2.24) is 21.3 Å². The number of amides is 2. The van der Waals surface area contributed by atoms with E-state index in [0.29, 0.717) is 0 Å². The SMILES string of the molecule is C[C@H](NC(=O)[C@@H]1CCCN1)C(=O)[O-].C[C@H](NC(=O)[C@@H]1CCCN1)C(=O)[O-].[Na+].[Na+]. The molecule has 12 heteroatoms. The van der Waals surface area contributed by atoms with Gasteiger partial charge in [0.25, 0.3) is 0 Å². The van der Waals surface area contributed by atoms with E-state index in [4.69, 9.17) is 0 Å². The van der Waals surface area contributed by atoms with E-state index < -0.39 is 24.0 Å². The smallest absolute Gasteiger partial charge is 0.548 e. The molecule has 2 saturated heterocycles. The zero-order valence-electron chi connectivity index (χ0n) is 17.0. The van der Waals surface area contributed by atoms with E-state index in [9.17, 15) is 29.4 Å². The number of hydrogen-bond donors (Lipinski definition) is 4. The van der Waals surface area contributed by atoms with Gasteiger partial charge < -0.3 is 41.1 Å². The zero-order chi connectivity index (χ0) is 19.7. The van der Waals surface area contributed by atoms with Crippen molar-refractivity contribution in [3.63, 3.8) is 0 Å². The van der Waals surface area contributed by atoms with Gasteiger partial charge in [0.15, 0.2) is 0 Å². The van der Waals surface area contributed by atoms with Crippen molar-refractivity contribution >= 4 is 23.8 Å². The van der Waals surface area contributed by atoms with Crippen molar-refractivity contribution < 1.29 is 88.5 Å². The summed E-state index contributed by atoms with van der Waals surface area (Å²) in [7, 11) is 0. The Bertz CT molecular complexity index is 479. The summed E-state index contributed by atoms with van der Waals surface area (Å²) >= 11 is 0. The van der Waals surface area contributed by atoms with Crippen LogP contribution < -0.4 is 90.6 Å². The van der Waals surface area contributed by atoms with Crippen LogP contribution >= 0.6 is 0 Å². The third-order valence-electron chi connectivity index (χ3n) is 4.18. The van der Waals surface area contributed by atoms with Gasteiger partial charge in [-0.3, -0.25) is 9.59 Å². The maximum absolute atomic E-state index is 11.3. The molecule has 2 aliphatic heterocycles. The van der Waals surface area contributed by atoms with Crippen molar-refractivity contribution in [2.45, 2.75) is 63.7 Å². The molecule has 28 heavy (non-hydrogen) atoms. The Hall–Kier alpha value is -0.200. The van der Waals surface area contributed by atoms with Crippen LogP contribution in [0.2, 0.25) is 0 Å². The molecule has 0 radical (unpaired) electrons. The number of nitrogens with one attached hydrogen (secondary N) is 4. The molecule has 0 unspecified atom stereocenters. The van der Waals surface area contributed by atoms with Crippen molar-refractivity contribution in [3.8, 4) is 0 Å². The number of rotatable bonds is 6. The predicted octanol–water partition coefficient (Wildman–Crippen LogP) is -10.0. The second kappa shape index (κ2) is 15.6. The number of carbonyl (C=O) groups excluding carboxylic acids is 4. The van der Waals surface area contributed by atoms with Gasteiger partial charge >= 0.3 is 59.1 Å². The Morgan fingerprint density at radius 2 is 1.11 bits per heavy atom. The van der Waals surface area contributed by atoms with Gasteiger partial charge in [0.1, 0.15) is 0 Å². The molecule has 4 atom stereocenters. The number of carboxylic acids is 2. The minimum Gasteiger partial charge on any atom is -0.548 e. The third kappa shape index (κ3) is 11.1. The maximum atomic E-state index is 11.3. The second-order valence-corrected chi connectivity index (χ2v) is 6.40. The van der Waals surface area contributed by atoms with Gasteiger partial charge in [0.05, 0.1) is 36.1 Å². The summed E-state index contributed by atoms with van der Waals surface area (Å²) in [5.41, 5.74) is 0. The summed E-state index contributed by atoms with van der Waals surface area (Å²) in [5.74, 6) is -3.03. The fraction of sp³-hybridized carbons (Fsp3) is 0.750. The fourth-order valence-corrected chi connectivity index (χ4v) is 2.56. The molecule has 10 nitrogen and oxygen atoms in total. The Morgan fingerprint density at radius 1 is 0.786 bits per heavy atom. The molecule has 0 aromatic carbocycles. The van der Waals surface area contributed by atoms with Crippen LogP contribution in [0.4, 0.5) is 0 Å². The molecule has 0 aromatic rings. The first kappa shape index (κ1) is 30.0. The Kier molecular flexibility index (Phi) is 16.7. The van der Waals surface area contributed by atoms with Gasteiger partial charge in [-0.05, 0) is 52.6 Å². The van der Waals surface area contributed by atoms with E-state index in [1.807, 2.05) is 0 Å². The van der Waals surface area contributed by atoms with Crippen LogP contribution in [0.3, 0.4) is 0 Å². The zero-order valence-corrected chi connectivity index (χ0v) is 21.0. The number of carboxylic acid groups (broad SMARTS) is 2. The van der Waals surface area contributed by atoms with Crippen LogP contribution in [0.5, 0.6) is 0 Å². The van der Waals surface area contributed by atoms with Crippen LogP contribution in [-0.2, 0) is 19.2 Å². The molecule has 2 rings (SSSR count). The average molecular weight is 416 g/mol. The minimum absolute atomic E-state index is 0. The number of aliphatic carboxylic acids is 2. The first-order valence-corrected chi connectivity index (χ1v) is 8.71. The van der Waals surface area contributed by atoms with Crippen LogP contribution in [0.1, 0.15) is 39.5 Å². The summed E-state index contributed by atoms with van der Waals surface area (Å²) < 4.78 is 0. The van der Waals surface area contributed by atoms with E-state index in [0.717, 1.165) is 38.8 Å². The molecule has 0 aromatic heterocycles. The van der Waals surface area contributed by atoms with Crippen molar-refractivity contribution in [3.05, 3.63) is 0 Å². The second-order valence-electron chi connectivity index (χ2n) is 6.40. The Balaban J connectivity index is 0. The molecule has 4 N–H and O–H groups in total. The minimum atomic E-state index is -1.26. The van der Waals surface area contributed by atoms with E-state index in [1.165, 1.54) is 13.8 Å². The molecule has 2 aliphatic rings. The normalized spacial score (nSPS) is 22.2. The maximum Gasteiger partial charge on any atom is 1.00 e. The van der Waals surface area contributed by atoms with Gasteiger partial charge in [-0.15, -0.1) is 0 Å². The van der Waals surface area contributed by atoms with E-state index in [2.05, 4.69) is 21.3 Å². The van der Waals surface area contributed by atoms with E-state index >= 15 is 0 Å².